The summed E-state index contributed by atoms with van der Waals surface area (Å²) in [6, 6.07) is 0. The molecule has 0 rings (SSSR count). The first-order valence-corrected chi connectivity index (χ1v) is 4.69. The van der Waals surface area contributed by atoms with Crippen LogP contribution >= 0.6 is 0 Å². The van der Waals surface area contributed by atoms with Crippen LogP contribution in [0.15, 0.2) is 0 Å². The fourth-order valence-electron chi connectivity index (χ4n) is 0.997. The minimum Gasteiger partial charge on any atom is -0.394 e. The van der Waals surface area contributed by atoms with Gasteiger partial charge in [-0.2, -0.15) is 0 Å². The van der Waals surface area contributed by atoms with Crippen LogP contribution in [-0.4, -0.2) is 62.3 Å². The fourth-order valence-corrected chi connectivity index (χ4v) is 0.997. The van der Waals surface area contributed by atoms with Crippen molar-refractivity contribution in [3.05, 3.63) is 0 Å². The van der Waals surface area contributed by atoms with E-state index in [4.69, 9.17) is 15.3 Å². The van der Waals surface area contributed by atoms with Gasteiger partial charge in [0.05, 0.1) is 12.7 Å². The molecule has 6 nitrogen and oxygen atoms in total. The molecule has 0 aromatic rings. The lowest BCUT2D eigenvalue weighted by molar-refractivity contribution is -0.150. The molecule has 0 radical (unpaired) electrons. The van der Waals surface area contributed by atoms with Gasteiger partial charge in [-0.15, -0.1) is 0 Å². The van der Waals surface area contributed by atoms with Crippen molar-refractivity contribution in [2.75, 3.05) is 6.61 Å². The second-order valence-corrected chi connectivity index (χ2v) is 3.78. The molecule has 0 bridgehead atoms. The first-order valence-electron chi connectivity index (χ1n) is 4.69. The summed E-state index contributed by atoms with van der Waals surface area (Å²) in [5.74, 6) is -1.46. The van der Waals surface area contributed by atoms with Crippen molar-refractivity contribution in [2.24, 2.45) is 5.92 Å². The van der Waals surface area contributed by atoms with Crippen LogP contribution in [0.2, 0.25) is 0 Å². The van der Waals surface area contributed by atoms with Crippen LogP contribution in [0.1, 0.15) is 13.8 Å². The molecule has 5 N–H and O–H groups in total. The Kier molecular flexibility index (Phi) is 5.92. The van der Waals surface area contributed by atoms with Crippen molar-refractivity contribution in [3.8, 4) is 0 Å². The predicted molar refractivity (Wildman–Crippen MR) is 51.0 cm³/mol. The number of aliphatic hydroxyl groups excluding tert-OH is 5. The standard InChI is InChI=1S/C9H18O6/c1-4(2)6(12)8(14)9(15)7(13)5(11)3-10/h4-8,10-14H,3H2,1-2H3/t5-,6?,7-,8-/m1/s1. The molecule has 0 saturated heterocycles. The third kappa shape index (κ3) is 3.84. The fraction of sp³-hybridized carbons (Fsp3) is 0.889. The zero-order valence-corrected chi connectivity index (χ0v) is 8.74. The van der Waals surface area contributed by atoms with E-state index in [0.717, 1.165) is 0 Å². The van der Waals surface area contributed by atoms with E-state index in [1.54, 1.807) is 13.8 Å². The second-order valence-electron chi connectivity index (χ2n) is 3.78. The SMILES string of the molecule is CC(C)C(O)[C@@H](O)C(=O)[C@H](O)[C@H](O)CO. The molecule has 0 heterocycles. The number of rotatable bonds is 6. The lowest BCUT2D eigenvalue weighted by Gasteiger charge is -2.23. The summed E-state index contributed by atoms with van der Waals surface area (Å²) in [6.45, 7) is 2.39. The van der Waals surface area contributed by atoms with E-state index in [-0.39, 0.29) is 5.92 Å². The van der Waals surface area contributed by atoms with Gasteiger partial charge < -0.3 is 25.5 Å². The quantitative estimate of drug-likeness (QED) is 0.343. The maximum Gasteiger partial charge on any atom is 0.195 e. The molecule has 6 heteroatoms. The maximum atomic E-state index is 11.3. The van der Waals surface area contributed by atoms with E-state index in [1.165, 1.54) is 0 Å². The van der Waals surface area contributed by atoms with Crippen LogP contribution in [0, 0.1) is 5.92 Å². The molecule has 0 aromatic carbocycles. The second kappa shape index (κ2) is 6.14. The molecule has 0 fully saturated rings. The van der Waals surface area contributed by atoms with Crippen molar-refractivity contribution in [1.29, 1.82) is 0 Å². The van der Waals surface area contributed by atoms with Crippen LogP contribution in [0.5, 0.6) is 0 Å². The van der Waals surface area contributed by atoms with Crippen molar-refractivity contribution < 1.29 is 30.3 Å². The zero-order chi connectivity index (χ0) is 12.2. The summed E-state index contributed by atoms with van der Waals surface area (Å²) >= 11 is 0. The van der Waals surface area contributed by atoms with Crippen LogP contribution in [-0.2, 0) is 4.79 Å². The Morgan fingerprint density at radius 2 is 1.53 bits per heavy atom. The average molecular weight is 222 g/mol. The van der Waals surface area contributed by atoms with E-state index in [1.807, 2.05) is 0 Å². The number of Topliss-reactive ketones (excluding diaryl/α,β-unsaturated/α-hetero) is 1. The molecule has 0 aliphatic rings. The topological polar surface area (TPSA) is 118 Å². The van der Waals surface area contributed by atoms with Crippen LogP contribution in [0.3, 0.4) is 0 Å². The van der Waals surface area contributed by atoms with Gasteiger partial charge in [-0.25, -0.2) is 0 Å². The highest BCUT2D eigenvalue weighted by atomic mass is 16.4. The molecular weight excluding hydrogens is 204 g/mol. The van der Waals surface area contributed by atoms with Crippen LogP contribution in [0.25, 0.3) is 0 Å². The highest BCUT2D eigenvalue weighted by molar-refractivity contribution is 5.88. The number of hydrogen-bond acceptors (Lipinski definition) is 6. The maximum absolute atomic E-state index is 11.3. The largest absolute Gasteiger partial charge is 0.394 e. The first kappa shape index (κ1) is 14.5. The lowest BCUT2D eigenvalue weighted by atomic mass is 9.95. The van der Waals surface area contributed by atoms with Gasteiger partial charge in [-0.3, -0.25) is 4.79 Å². The molecule has 0 aromatic heterocycles. The number of carbonyl (C=O) groups excluding carboxylic acids is 1. The van der Waals surface area contributed by atoms with E-state index < -0.39 is 36.8 Å². The Labute approximate surface area is 87.8 Å². The van der Waals surface area contributed by atoms with Gasteiger partial charge in [0.15, 0.2) is 5.78 Å². The molecule has 15 heavy (non-hydrogen) atoms. The van der Waals surface area contributed by atoms with Crippen molar-refractivity contribution in [2.45, 2.75) is 38.3 Å². The molecule has 4 atom stereocenters. The minimum absolute atomic E-state index is 0.359. The monoisotopic (exact) mass is 222 g/mol. The smallest absolute Gasteiger partial charge is 0.195 e. The van der Waals surface area contributed by atoms with Crippen LogP contribution < -0.4 is 0 Å². The number of ketones is 1. The van der Waals surface area contributed by atoms with Gasteiger partial charge in [0.2, 0.25) is 0 Å². The zero-order valence-electron chi connectivity index (χ0n) is 8.74. The molecule has 0 amide bonds. The van der Waals surface area contributed by atoms with Gasteiger partial charge in [0.25, 0.3) is 0 Å². The van der Waals surface area contributed by atoms with E-state index in [2.05, 4.69) is 0 Å². The van der Waals surface area contributed by atoms with Gasteiger partial charge in [0.1, 0.15) is 18.3 Å². The molecule has 90 valence electrons. The van der Waals surface area contributed by atoms with Crippen LogP contribution in [0.4, 0.5) is 0 Å². The summed E-state index contributed by atoms with van der Waals surface area (Å²) < 4.78 is 0. The number of carbonyl (C=O) groups is 1. The summed E-state index contributed by atoms with van der Waals surface area (Å²) in [5.41, 5.74) is 0. The highest BCUT2D eigenvalue weighted by Gasteiger charge is 2.34. The van der Waals surface area contributed by atoms with Gasteiger partial charge in [-0.1, -0.05) is 13.8 Å². The summed E-state index contributed by atoms with van der Waals surface area (Å²) in [6.07, 6.45) is -6.61. The Morgan fingerprint density at radius 1 is 1.07 bits per heavy atom. The average Bonchev–Trinajstić information content (AvgIpc) is 2.23. The molecule has 0 spiro atoms. The first-order chi connectivity index (χ1) is 6.82. The lowest BCUT2D eigenvalue weighted by Crippen LogP contribution is -2.47. The Balaban J connectivity index is 4.43. The third-order valence-electron chi connectivity index (χ3n) is 2.14. The van der Waals surface area contributed by atoms with Gasteiger partial charge in [0, 0.05) is 0 Å². The van der Waals surface area contributed by atoms with Gasteiger partial charge in [-0.05, 0) is 5.92 Å². The Hall–Kier alpha value is -0.530. The molecule has 1 unspecified atom stereocenters. The molecule has 0 aliphatic carbocycles. The van der Waals surface area contributed by atoms with Crippen molar-refractivity contribution in [3.63, 3.8) is 0 Å². The van der Waals surface area contributed by atoms with Gasteiger partial charge >= 0.3 is 0 Å². The normalized spacial score (nSPS) is 19.7. The molecule has 0 aliphatic heterocycles. The third-order valence-corrected chi connectivity index (χ3v) is 2.14. The predicted octanol–water partition coefficient (Wildman–Crippen LogP) is -2.35. The molecule has 0 saturated carbocycles. The number of aliphatic hydroxyl groups is 5. The summed E-state index contributed by atoms with van der Waals surface area (Å²) in [7, 11) is 0. The highest BCUT2D eigenvalue weighted by Crippen LogP contribution is 2.10. The van der Waals surface area contributed by atoms with E-state index in [9.17, 15) is 15.0 Å². The summed E-state index contributed by atoms with van der Waals surface area (Å²) in [4.78, 5) is 11.3. The Bertz CT molecular complexity index is 205. The summed E-state index contributed by atoms with van der Waals surface area (Å²) in [5, 5.41) is 45.2. The van der Waals surface area contributed by atoms with E-state index in [0.29, 0.717) is 0 Å². The Morgan fingerprint density at radius 3 is 1.87 bits per heavy atom. The number of hydrogen-bond donors (Lipinski definition) is 5. The minimum atomic E-state index is -1.89. The van der Waals surface area contributed by atoms with Crippen molar-refractivity contribution in [1.82, 2.24) is 0 Å². The van der Waals surface area contributed by atoms with Crippen molar-refractivity contribution >= 4 is 5.78 Å². The van der Waals surface area contributed by atoms with E-state index >= 15 is 0 Å². The molecular formula is C9H18O6.